The van der Waals surface area contributed by atoms with Crippen LogP contribution in [0.5, 0.6) is 0 Å². The summed E-state index contributed by atoms with van der Waals surface area (Å²) in [5, 5.41) is 12.4. The molecule has 262 valence electrons. The zero-order chi connectivity index (χ0) is 35.3. The Labute approximate surface area is 281 Å². The summed E-state index contributed by atoms with van der Waals surface area (Å²) in [5.41, 5.74) is 8.65. The molecule has 2 atom stereocenters. The molecule has 0 radical (unpaired) electrons. The smallest absolute Gasteiger partial charge is 0.338 e. The number of aryl methyl sites for hydroxylation is 1. The topological polar surface area (TPSA) is 151 Å². The Bertz CT molecular complexity index is 1610. The van der Waals surface area contributed by atoms with E-state index in [4.69, 9.17) is 10.5 Å². The number of halogens is 2. The van der Waals surface area contributed by atoms with E-state index in [0.717, 1.165) is 41.8 Å². The summed E-state index contributed by atoms with van der Waals surface area (Å²) in [5.74, 6) is -2.94. The Kier molecular flexibility index (Phi) is 15.1. The molecule has 0 saturated carbocycles. The van der Waals surface area contributed by atoms with E-state index in [9.17, 15) is 31.9 Å². The van der Waals surface area contributed by atoms with Crippen molar-refractivity contribution in [3.63, 3.8) is 0 Å². The Balaban J connectivity index is 1.96. The van der Waals surface area contributed by atoms with E-state index in [1.807, 2.05) is 45.0 Å². The van der Waals surface area contributed by atoms with Gasteiger partial charge in [-0.1, -0.05) is 45.0 Å². The first-order valence-corrected chi connectivity index (χ1v) is 17.6. The number of carbonyl (C=O) groups excluding carboxylic acids is 2. The quantitative estimate of drug-likeness (QED) is 0.138. The van der Waals surface area contributed by atoms with Crippen molar-refractivity contribution in [1.82, 2.24) is 14.9 Å². The third-order valence-corrected chi connectivity index (χ3v) is 9.02. The molecule has 0 fully saturated rings. The Morgan fingerprint density at radius 3 is 2.19 bits per heavy atom. The van der Waals surface area contributed by atoms with E-state index in [1.165, 1.54) is 12.1 Å². The third kappa shape index (κ3) is 11.4. The van der Waals surface area contributed by atoms with Gasteiger partial charge in [-0.2, -0.15) is 0 Å². The van der Waals surface area contributed by atoms with Crippen LogP contribution in [0.4, 0.5) is 8.78 Å². The number of sulfonamides is 1. The van der Waals surface area contributed by atoms with Crippen LogP contribution in [0.25, 0.3) is 0 Å². The van der Waals surface area contributed by atoms with Crippen LogP contribution < -0.4 is 15.8 Å². The van der Waals surface area contributed by atoms with Gasteiger partial charge in [-0.25, -0.2) is 26.7 Å². The fraction of sp³-hybridized carbons (Fsp3) is 0.429. The molecule has 0 aromatic heterocycles. The molecule has 5 N–H and O–H groups in total. The van der Waals surface area contributed by atoms with Crippen molar-refractivity contribution in [3.05, 3.63) is 100 Å². The average Bonchev–Trinajstić information content (AvgIpc) is 3.05. The standard InChI is InChI=1S/C35H46F2N4O6S/c1-4-11-41(12-5-2)34(43)27-18-28(20-31(19-27)48(45,46)40-10-13-42)35(44)47-33(23-39-22-25-9-7-8-24(6-3)14-25)32(38)17-26-15-29(36)21-30(37)16-26/h7-9,14-16,18-21,32-33,39-40,42H,4-6,10-13,17,22-23,38H2,1-3H3/t32-,33+/m0/s1. The van der Waals surface area contributed by atoms with Crippen molar-refractivity contribution in [2.75, 3.05) is 32.8 Å². The number of nitrogens with zero attached hydrogens (tertiary/aromatic N) is 1. The summed E-state index contributed by atoms with van der Waals surface area (Å²) >= 11 is 0. The van der Waals surface area contributed by atoms with Gasteiger partial charge in [0, 0.05) is 50.4 Å². The van der Waals surface area contributed by atoms with Crippen LogP contribution in [0, 0.1) is 11.6 Å². The number of hydrogen-bond acceptors (Lipinski definition) is 8. The lowest BCUT2D eigenvalue weighted by Gasteiger charge is -2.25. The first-order chi connectivity index (χ1) is 22.9. The van der Waals surface area contributed by atoms with Crippen molar-refractivity contribution in [3.8, 4) is 0 Å². The number of nitrogens with two attached hydrogens (primary N) is 1. The molecule has 10 nitrogen and oxygen atoms in total. The minimum atomic E-state index is -4.23. The molecule has 0 saturated heterocycles. The van der Waals surface area contributed by atoms with Crippen molar-refractivity contribution in [2.45, 2.75) is 70.0 Å². The highest BCUT2D eigenvalue weighted by Crippen LogP contribution is 2.20. The van der Waals surface area contributed by atoms with E-state index in [1.54, 1.807) is 4.90 Å². The number of hydrogen-bond donors (Lipinski definition) is 4. The van der Waals surface area contributed by atoms with Gasteiger partial charge in [-0.15, -0.1) is 0 Å². The lowest BCUT2D eigenvalue weighted by molar-refractivity contribution is 0.0237. The van der Waals surface area contributed by atoms with Crippen LogP contribution in [-0.4, -0.2) is 75.2 Å². The molecule has 0 heterocycles. The van der Waals surface area contributed by atoms with Gasteiger partial charge >= 0.3 is 5.97 Å². The number of nitrogens with one attached hydrogen (secondary N) is 2. The first kappa shape index (κ1) is 38.7. The van der Waals surface area contributed by atoms with Gasteiger partial charge in [0.25, 0.3) is 5.91 Å². The molecule has 0 bridgehead atoms. The molecule has 3 aromatic rings. The second-order valence-electron chi connectivity index (χ2n) is 11.6. The van der Waals surface area contributed by atoms with Crippen molar-refractivity contribution < 1.29 is 36.6 Å². The molecule has 0 aliphatic rings. The lowest BCUT2D eigenvalue weighted by Crippen LogP contribution is -2.46. The molecular weight excluding hydrogens is 642 g/mol. The van der Waals surface area contributed by atoms with Crippen LogP contribution in [-0.2, 0) is 34.1 Å². The van der Waals surface area contributed by atoms with Crippen molar-refractivity contribution in [2.24, 2.45) is 5.73 Å². The summed E-state index contributed by atoms with van der Waals surface area (Å²) in [6, 6.07) is 13.6. The maximum absolute atomic E-state index is 14.0. The normalized spacial score (nSPS) is 12.8. The van der Waals surface area contributed by atoms with Crippen molar-refractivity contribution >= 4 is 21.9 Å². The fourth-order valence-corrected chi connectivity index (χ4v) is 6.32. The molecule has 3 rings (SSSR count). The van der Waals surface area contributed by atoms with E-state index in [0.29, 0.717) is 32.5 Å². The van der Waals surface area contributed by atoms with E-state index in [2.05, 4.69) is 10.0 Å². The number of aliphatic hydroxyl groups is 1. The SMILES string of the molecule is CCCN(CCC)C(=O)c1cc(C(=O)O[C@H](CNCc2cccc(CC)c2)[C@@H](N)Cc2cc(F)cc(F)c2)cc(S(=O)(=O)NCCO)c1. The Morgan fingerprint density at radius 1 is 0.917 bits per heavy atom. The minimum absolute atomic E-state index is 0.0271. The molecule has 0 spiro atoms. The Morgan fingerprint density at radius 2 is 1.56 bits per heavy atom. The van der Waals surface area contributed by atoms with Gasteiger partial charge in [0.1, 0.15) is 17.7 Å². The largest absolute Gasteiger partial charge is 0.456 e. The van der Waals surface area contributed by atoms with E-state index < -0.39 is 52.3 Å². The highest BCUT2D eigenvalue weighted by atomic mass is 32.2. The van der Waals surface area contributed by atoms with Crippen LogP contribution >= 0.6 is 0 Å². The van der Waals surface area contributed by atoms with Crippen LogP contribution in [0.3, 0.4) is 0 Å². The van der Waals surface area contributed by atoms with Crippen LogP contribution in [0.1, 0.15) is 71.0 Å². The Hall–Kier alpha value is -3.75. The monoisotopic (exact) mass is 688 g/mol. The number of ether oxygens (including phenoxy) is 1. The highest BCUT2D eigenvalue weighted by Gasteiger charge is 2.27. The fourth-order valence-electron chi connectivity index (χ4n) is 5.23. The summed E-state index contributed by atoms with van der Waals surface area (Å²) in [6.45, 7) is 6.46. The van der Waals surface area contributed by atoms with Crippen LogP contribution in [0.2, 0.25) is 0 Å². The number of rotatable bonds is 19. The second kappa shape index (κ2) is 18.7. The molecule has 0 unspecified atom stereocenters. The molecule has 3 aromatic carbocycles. The lowest BCUT2D eigenvalue weighted by atomic mass is 10.0. The summed E-state index contributed by atoms with van der Waals surface area (Å²) in [7, 11) is -4.23. The molecule has 13 heteroatoms. The van der Waals surface area contributed by atoms with Gasteiger partial charge in [0.2, 0.25) is 10.0 Å². The zero-order valence-electron chi connectivity index (χ0n) is 27.7. The third-order valence-electron chi connectivity index (χ3n) is 7.58. The highest BCUT2D eigenvalue weighted by molar-refractivity contribution is 7.89. The summed E-state index contributed by atoms with van der Waals surface area (Å²) in [6.07, 6.45) is 1.13. The molecule has 48 heavy (non-hydrogen) atoms. The summed E-state index contributed by atoms with van der Waals surface area (Å²) < 4.78 is 62.2. The number of amides is 1. The van der Waals surface area contributed by atoms with Gasteiger partial charge < -0.3 is 25.8 Å². The average molecular weight is 689 g/mol. The van der Waals surface area contributed by atoms with Gasteiger partial charge in [-0.05, 0) is 72.7 Å². The number of esters is 1. The van der Waals surface area contributed by atoms with Crippen molar-refractivity contribution in [1.29, 1.82) is 0 Å². The van der Waals surface area contributed by atoms with Gasteiger partial charge in [0.15, 0.2) is 0 Å². The number of carbonyl (C=O) groups is 2. The summed E-state index contributed by atoms with van der Waals surface area (Å²) in [4.78, 5) is 28.5. The maximum atomic E-state index is 14.0. The zero-order valence-corrected chi connectivity index (χ0v) is 28.5. The van der Waals surface area contributed by atoms with E-state index in [-0.39, 0.29) is 41.1 Å². The minimum Gasteiger partial charge on any atom is -0.456 e. The molecular formula is C35H46F2N4O6S. The van der Waals surface area contributed by atoms with Gasteiger partial charge in [0.05, 0.1) is 17.1 Å². The van der Waals surface area contributed by atoms with Gasteiger partial charge in [-0.3, -0.25) is 4.79 Å². The number of benzene rings is 3. The predicted molar refractivity (Wildman–Crippen MR) is 180 cm³/mol. The molecule has 0 aliphatic heterocycles. The second-order valence-corrected chi connectivity index (χ2v) is 13.3. The van der Waals surface area contributed by atoms with Crippen LogP contribution in [0.15, 0.2) is 65.6 Å². The molecule has 1 amide bonds. The first-order valence-electron chi connectivity index (χ1n) is 16.2. The number of aliphatic hydroxyl groups excluding tert-OH is 1. The maximum Gasteiger partial charge on any atom is 0.338 e. The molecule has 0 aliphatic carbocycles. The predicted octanol–water partition coefficient (Wildman–Crippen LogP) is 3.95. The van der Waals surface area contributed by atoms with E-state index >= 15 is 0 Å².